The van der Waals surface area contributed by atoms with Gasteiger partial charge in [0.25, 0.3) is 0 Å². The molecule has 1 atom stereocenters. The SMILES string of the molecule is C[C@H](CO)CCCCCCCOCc1ccccc1. The summed E-state index contributed by atoms with van der Waals surface area (Å²) in [6.07, 6.45) is 7.37. The summed E-state index contributed by atoms with van der Waals surface area (Å²) >= 11 is 0. The Morgan fingerprint density at radius 2 is 1.68 bits per heavy atom. The molecule has 0 amide bonds. The van der Waals surface area contributed by atoms with Crippen LogP contribution >= 0.6 is 0 Å². The van der Waals surface area contributed by atoms with Gasteiger partial charge in [-0.3, -0.25) is 0 Å². The molecular formula is C17H28O2. The Hall–Kier alpha value is -0.860. The van der Waals surface area contributed by atoms with E-state index in [2.05, 4.69) is 19.1 Å². The maximum Gasteiger partial charge on any atom is 0.0716 e. The minimum Gasteiger partial charge on any atom is -0.396 e. The van der Waals surface area contributed by atoms with Crippen LogP contribution in [0.25, 0.3) is 0 Å². The normalized spacial score (nSPS) is 12.5. The van der Waals surface area contributed by atoms with Gasteiger partial charge in [-0.25, -0.2) is 0 Å². The number of hydrogen-bond donors (Lipinski definition) is 1. The van der Waals surface area contributed by atoms with Crippen molar-refractivity contribution in [1.82, 2.24) is 0 Å². The Balaban J connectivity index is 1.84. The van der Waals surface area contributed by atoms with Crippen molar-refractivity contribution in [1.29, 1.82) is 0 Å². The third-order valence-corrected chi connectivity index (χ3v) is 3.41. The van der Waals surface area contributed by atoms with E-state index in [4.69, 9.17) is 9.84 Å². The highest BCUT2D eigenvalue weighted by molar-refractivity contribution is 5.13. The fourth-order valence-corrected chi connectivity index (χ4v) is 2.08. The summed E-state index contributed by atoms with van der Waals surface area (Å²) in [6, 6.07) is 10.3. The van der Waals surface area contributed by atoms with Crippen LogP contribution in [0.1, 0.15) is 51.0 Å². The number of benzene rings is 1. The van der Waals surface area contributed by atoms with Crippen LogP contribution in [0.4, 0.5) is 0 Å². The predicted molar refractivity (Wildman–Crippen MR) is 80.0 cm³/mol. The van der Waals surface area contributed by atoms with Crippen molar-refractivity contribution in [3.8, 4) is 0 Å². The Bertz CT molecular complexity index is 297. The summed E-state index contributed by atoms with van der Waals surface area (Å²) in [7, 11) is 0. The first-order chi connectivity index (χ1) is 9.33. The number of hydrogen-bond acceptors (Lipinski definition) is 2. The van der Waals surface area contributed by atoms with Crippen LogP contribution in [0, 0.1) is 5.92 Å². The average Bonchev–Trinajstić information content (AvgIpc) is 2.46. The van der Waals surface area contributed by atoms with Crippen LogP contribution in [-0.2, 0) is 11.3 Å². The van der Waals surface area contributed by atoms with Crippen LogP contribution in [-0.4, -0.2) is 18.3 Å². The van der Waals surface area contributed by atoms with Crippen molar-refractivity contribution in [2.75, 3.05) is 13.2 Å². The van der Waals surface area contributed by atoms with E-state index in [0.717, 1.165) is 26.1 Å². The zero-order valence-corrected chi connectivity index (χ0v) is 12.2. The molecule has 0 radical (unpaired) electrons. The van der Waals surface area contributed by atoms with Gasteiger partial charge in [0.05, 0.1) is 6.61 Å². The third-order valence-electron chi connectivity index (χ3n) is 3.41. The van der Waals surface area contributed by atoms with Gasteiger partial charge in [-0.1, -0.05) is 62.9 Å². The maximum atomic E-state index is 8.91. The van der Waals surface area contributed by atoms with Crippen molar-refractivity contribution < 1.29 is 9.84 Å². The molecule has 1 aromatic rings. The van der Waals surface area contributed by atoms with Crippen LogP contribution in [0.3, 0.4) is 0 Å². The third kappa shape index (κ3) is 8.79. The van der Waals surface area contributed by atoms with E-state index < -0.39 is 0 Å². The van der Waals surface area contributed by atoms with Gasteiger partial charge in [0.2, 0.25) is 0 Å². The maximum absolute atomic E-state index is 8.91. The monoisotopic (exact) mass is 264 g/mol. The molecule has 0 heterocycles. The second kappa shape index (κ2) is 11.0. The highest BCUT2D eigenvalue weighted by atomic mass is 16.5. The zero-order chi connectivity index (χ0) is 13.8. The molecule has 1 rings (SSSR count). The van der Waals surface area contributed by atoms with Crippen LogP contribution < -0.4 is 0 Å². The molecule has 0 saturated heterocycles. The van der Waals surface area contributed by atoms with E-state index in [-0.39, 0.29) is 0 Å². The molecule has 0 saturated carbocycles. The van der Waals surface area contributed by atoms with Gasteiger partial charge in [0.15, 0.2) is 0 Å². The summed E-state index contributed by atoms with van der Waals surface area (Å²) < 4.78 is 5.65. The average molecular weight is 264 g/mol. The van der Waals surface area contributed by atoms with Crippen LogP contribution in [0.2, 0.25) is 0 Å². The Morgan fingerprint density at radius 3 is 2.42 bits per heavy atom. The molecule has 19 heavy (non-hydrogen) atoms. The highest BCUT2D eigenvalue weighted by Gasteiger charge is 1.99. The fourth-order valence-electron chi connectivity index (χ4n) is 2.08. The van der Waals surface area contributed by atoms with E-state index in [1.165, 1.54) is 31.2 Å². The topological polar surface area (TPSA) is 29.5 Å². The van der Waals surface area contributed by atoms with Crippen molar-refractivity contribution in [2.24, 2.45) is 5.92 Å². The van der Waals surface area contributed by atoms with Crippen molar-refractivity contribution in [2.45, 2.75) is 52.1 Å². The molecule has 1 N–H and O–H groups in total. The molecular weight excluding hydrogens is 236 g/mol. The lowest BCUT2D eigenvalue weighted by molar-refractivity contribution is 0.116. The largest absolute Gasteiger partial charge is 0.396 e. The van der Waals surface area contributed by atoms with Gasteiger partial charge in [-0.05, 0) is 24.3 Å². The molecule has 0 bridgehead atoms. The molecule has 108 valence electrons. The Labute approximate surface area is 117 Å². The molecule has 1 aromatic carbocycles. The number of aliphatic hydroxyl groups is 1. The lowest BCUT2D eigenvalue weighted by atomic mass is 10.0. The van der Waals surface area contributed by atoms with Gasteiger partial charge in [0.1, 0.15) is 0 Å². The van der Waals surface area contributed by atoms with Gasteiger partial charge in [0, 0.05) is 13.2 Å². The quantitative estimate of drug-likeness (QED) is 0.608. The molecule has 2 nitrogen and oxygen atoms in total. The summed E-state index contributed by atoms with van der Waals surface area (Å²) in [5, 5.41) is 8.91. The standard InChI is InChI=1S/C17H28O2/c1-16(14-18)10-6-3-2-4-9-13-19-15-17-11-7-5-8-12-17/h5,7-8,11-12,16,18H,2-4,6,9-10,13-15H2,1H3/t16-/m0/s1. The lowest BCUT2D eigenvalue weighted by Gasteiger charge is -2.07. The first-order valence-corrected chi connectivity index (χ1v) is 7.55. The minimum absolute atomic E-state index is 0.327. The number of ether oxygens (including phenoxy) is 1. The van der Waals surface area contributed by atoms with E-state index in [9.17, 15) is 0 Å². The molecule has 0 fully saturated rings. The second-order valence-corrected chi connectivity index (χ2v) is 5.38. The number of aliphatic hydroxyl groups excluding tert-OH is 1. The number of rotatable bonds is 11. The first kappa shape index (κ1) is 16.2. The molecule has 0 aliphatic rings. The molecule has 0 aliphatic heterocycles. The molecule has 0 aromatic heterocycles. The van der Waals surface area contributed by atoms with E-state index >= 15 is 0 Å². The lowest BCUT2D eigenvalue weighted by Crippen LogP contribution is -2.00. The molecule has 0 unspecified atom stereocenters. The van der Waals surface area contributed by atoms with E-state index in [1.807, 2.05) is 18.2 Å². The highest BCUT2D eigenvalue weighted by Crippen LogP contribution is 2.11. The first-order valence-electron chi connectivity index (χ1n) is 7.55. The predicted octanol–water partition coefficient (Wildman–Crippen LogP) is 4.17. The Morgan fingerprint density at radius 1 is 1.00 bits per heavy atom. The molecule has 2 heteroatoms. The summed E-state index contributed by atoms with van der Waals surface area (Å²) in [5.74, 6) is 0.467. The summed E-state index contributed by atoms with van der Waals surface area (Å²) in [5.41, 5.74) is 1.25. The van der Waals surface area contributed by atoms with Crippen LogP contribution in [0.15, 0.2) is 30.3 Å². The van der Waals surface area contributed by atoms with Crippen LogP contribution in [0.5, 0.6) is 0 Å². The summed E-state index contributed by atoms with van der Waals surface area (Å²) in [4.78, 5) is 0. The van der Waals surface area contributed by atoms with Crippen molar-refractivity contribution in [3.63, 3.8) is 0 Å². The summed E-state index contributed by atoms with van der Waals surface area (Å²) in [6.45, 7) is 4.03. The Kier molecular flexibility index (Phi) is 9.38. The molecule has 0 spiro atoms. The minimum atomic E-state index is 0.327. The smallest absolute Gasteiger partial charge is 0.0716 e. The fraction of sp³-hybridized carbons (Fsp3) is 0.647. The van der Waals surface area contributed by atoms with Gasteiger partial charge < -0.3 is 9.84 Å². The van der Waals surface area contributed by atoms with E-state index in [1.54, 1.807) is 0 Å². The zero-order valence-electron chi connectivity index (χ0n) is 12.2. The van der Waals surface area contributed by atoms with Crippen molar-refractivity contribution >= 4 is 0 Å². The number of unbranched alkanes of at least 4 members (excludes halogenated alkanes) is 4. The van der Waals surface area contributed by atoms with Gasteiger partial charge in [-0.2, -0.15) is 0 Å². The second-order valence-electron chi connectivity index (χ2n) is 5.38. The van der Waals surface area contributed by atoms with Gasteiger partial charge >= 0.3 is 0 Å². The van der Waals surface area contributed by atoms with Crippen molar-refractivity contribution in [3.05, 3.63) is 35.9 Å². The molecule has 0 aliphatic carbocycles. The van der Waals surface area contributed by atoms with Gasteiger partial charge in [-0.15, -0.1) is 0 Å². The van der Waals surface area contributed by atoms with E-state index in [0.29, 0.717) is 12.5 Å².